The molecule has 0 aliphatic rings. The molecule has 0 saturated carbocycles. The molecule has 0 radical (unpaired) electrons. The van der Waals surface area contributed by atoms with Gasteiger partial charge in [0.25, 0.3) is 0 Å². The van der Waals surface area contributed by atoms with Crippen LogP contribution in [-0.2, 0) is 6.42 Å². The van der Waals surface area contributed by atoms with E-state index >= 15 is 0 Å². The molecular weight excluding hydrogens is 252 g/mol. The molecule has 0 fully saturated rings. The Morgan fingerprint density at radius 1 is 1.00 bits per heavy atom. The lowest BCUT2D eigenvalue weighted by Crippen LogP contribution is -2.24. The van der Waals surface area contributed by atoms with Gasteiger partial charge in [0.05, 0.1) is 13.2 Å². The first-order valence-electron chi connectivity index (χ1n) is 7.47. The maximum Gasteiger partial charge on any atom is 0.123 e. The Labute approximate surface area is 122 Å². The average Bonchev–Trinajstić information content (AvgIpc) is 2.43. The van der Waals surface area contributed by atoms with Crippen LogP contribution in [0.1, 0.15) is 25.8 Å². The molecular formula is C16H28N2O2. The van der Waals surface area contributed by atoms with E-state index in [4.69, 9.17) is 15.2 Å². The van der Waals surface area contributed by atoms with Gasteiger partial charge in [0, 0.05) is 12.6 Å². The summed E-state index contributed by atoms with van der Waals surface area (Å²) in [6.45, 7) is 8.14. The number of rotatable bonds is 10. The number of benzene rings is 1. The normalized spacial score (nSPS) is 10.8. The van der Waals surface area contributed by atoms with Crippen molar-refractivity contribution in [2.45, 2.75) is 26.7 Å². The first kappa shape index (κ1) is 16.8. The van der Waals surface area contributed by atoms with Crippen molar-refractivity contribution in [3.8, 4) is 11.5 Å². The lowest BCUT2D eigenvalue weighted by molar-refractivity contribution is 0.319. The Hall–Kier alpha value is -1.26. The van der Waals surface area contributed by atoms with E-state index in [0.717, 1.165) is 44.0 Å². The van der Waals surface area contributed by atoms with Crippen molar-refractivity contribution in [1.82, 2.24) is 4.90 Å². The van der Waals surface area contributed by atoms with Crippen molar-refractivity contribution in [3.05, 3.63) is 23.8 Å². The van der Waals surface area contributed by atoms with Crippen LogP contribution in [0.25, 0.3) is 0 Å². The third kappa shape index (κ3) is 6.26. The highest BCUT2D eigenvalue weighted by Gasteiger charge is 2.05. The van der Waals surface area contributed by atoms with Crippen LogP contribution in [0.4, 0.5) is 0 Å². The summed E-state index contributed by atoms with van der Waals surface area (Å²) in [5.41, 5.74) is 6.78. The summed E-state index contributed by atoms with van der Waals surface area (Å²) in [5.74, 6) is 1.77. The van der Waals surface area contributed by atoms with Gasteiger partial charge in [-0.2, -0.15) is 0 Å². The molecule has 0 saturated heterocycles. The van der Waals surface area contributed by atoms with E-state index < -0.39 is 0 Å². The van der Waals surface area contributed by atoms with E-state index in [9.17, 15) is 0 Å². The molecule has 1 aromatic rings. The number of ether oxygens (including phenoxy) is 2. The second-order valence-electron chi connectivity index (χ2n) is 4.87. The zero-order valence-electron chi connectivity index (χ0n) is 13.0. The van der Waals surface area contributed by atoms with Crippen molar-refractivity contribution in [1.29, 1.82) is 0 Å². The summed E-state index contributed by atoms with van der Waals surface area (Å²) in [4.78, 5) is 2.31. The molecule has 4 heteroatoms. The fourth-order valence-corrected chi connectivity index (χ4v) is 2.07. The number of hydrogen-bond donors (Lipinski definition) is 1. The van der Waals surface area contributed by atoms with Crippen molar-refractivity contribution in [2.75, 3.05) is 39.9 Å². The van der Waals surface area contributed by atoms with Crippen LogP contribution in [0.3, 0.4) is 0 Å². The fourth-order valence-electron chi connectivity index (χ4n) is 2.07. The Morgan fingerprint density at radius 3 is 2.10 bits per heavy atom. The van der Waals surface area contributed by atoms with Crippen LogP contribution in [-0.4, -0.2) is 44.8 Å². The van der Waals surface area contributed by atoms with Crippen LogP contribution in [0.5, 0.6) is 11.5 Å². The van der Waals surface area contributed by atoms with Gasteiger partial charge in [-0.15, -0.1) is 0 Å². The van der Waals surface area contributed by atoms with Gasteiger partial charge >= 0.3 is 0 Å². The maximum atomic E-state index is 5.60. The molecule has 0 aromatic heterocycles. The van der Waals surface area contributed by atoms with E-state index in [0.29, 0.717) is 13.2 Å². The molecule has 0 atom stereocenters. The Balaban J connectivity index is 2.62. The van der Waals surface area contributed by atoms with Gasteiger partial charge in [-0.3, -0.25) is 0 Å². The minimum atomic E-state index is 0.672. The fraction of sp³-hybridized carbons (Fsp3) is 0.625. The zero-order chi connectivity index (χ0) is 14.8. The van der Waals surface area contributed by atoms with Crippen LogP contribution < -0.4 is 15.2 Å². The molecule has 0 heterocycles. The molecule has 20 heavy (non-hydrogen) atoms. The summed E-state index contributed by atoms with van der Waals surface area (Å²) in [7, 11) is 2.13. The molecule has 0 spiro atoms. The van der Waals surface area contributed by atoms with E-state index in [1.54, 1.807) is 0 Å². The van der Waals surface area contributed by atoms with Gasteiger partial charge in [0.2, 0.25) is 0 Å². The van der Waals surface area contributed by atoms with Gasteiger partial charge in [-0.1, -0.05) is 0 Å². The lowest BCUT2D eigenvalue weighted by atomic mass is 10.1. The first-order chi connectivity index (χ1) is 9.69. The number of nitrogens with zero attached hydrogens (tertiary/aromatic N) is 1. The topological polar surface area (TPSA) is 47.7 Å². The van der Waals surface area contributed by atoms with Crippen LogP contribution in [0.15, 0.2) is 18.2 Å². The SMILES string of the molecule is CCOc1cc(CCN(C)CCCN)cc(OCC)c1. The Bertz CT molecular complexity index is 358. The van der Waals surface area contributed by atoms with Gasteiger partial charge < -0.3 is 20.1 Å². The molecule has 1 aromatic carbocycles. The molecule has 114 valence electrons. The second kappa shape index (κ2) is 9.61. The highest BCUT2D eigenvalue weighted by molar-refractivity contribution is 5.38. The zero-order valence-corrected chi connectivity index (χ0v) is 13.0. The summed E-state index contributed by atoms with van der Waals surface area (Å²) in [6, 6.07) is 6.15. The summed E-state index contributed by atoms with van der Waals surface area (Å²) in [5, 5.41) is 0. The lowest BCUT2D eigenvalue weighted by Gasteiger charge is -2.17. The van der Waals surface area contributed by atoms with E-state index in [1.807, 2.05) is 19.9 Å². The molecule has 0 unspecified atom stereocenters. The molecule has 0 aliphatic carbocycles. The summed E-state index contributed by atoms with van der Waals surface area (Å²) >= 11 is 0. The Kier molecular flexibility index (Phi) is 8.07. The smallest absolute Gasteiger partial charge is 0.123 e. The number of nitrogens with two attached hydrogens (primary N) is 1. The third-order valence-electron chi connectivity index (χ3n) is 3.09. The summed E-state index contributed by atoms with van der Waals surface area (Å²) in [6.07, 6.45) is 2.03. The van der Waals surface area contributed by atoms with Crippen LogP contribution in [0, 0.1) is 0 Å². The third-order valence-corrected chi connectivity index (χ3v) is 3.09. The standard InChI is InChI=1S/C16H28N2O2/c1-4-19-15-11-14(12-16(13-15)20-5-2)7-10-18(3)9-6-8-17/h11-13H,4-10,17H2,1-3H3. The predicted octanol–water partition coefficient (Wildman–Crippen LogP) is 2.31. The van der Waals surface area contributed by atoms with Gasteiger partial charge in [-0.05, 0) is 64.5 Å². The van der Waals surface area contributed by atoms with Crippen LogP contribution in [0.2, 0.25) is 0 Å². The second-order valence-corrected chi connectivity index (χ2v) is 4.87. The van der Waals surface area contributed by atoms with Gasteiger partial charge in [-0.25, -0.2) is 0 Å². The van der Waals surface area contributed by atoms with Gasteiger partial charge in [0.15, 0.2) is 0 Å². The Morgan fingerprint density at radius 2 is 1.60 bits per heavy atom. The minimum Gasteiger partial charge on any atom is -0.494 e. The maximum absolute atomic E-state index is 5.60. The van der Waals surface area contributed by atoms with E-state index in [1.165, 1.54) is 5.56 Å². The molecule has 1 rings (SSSR count). The van der Waals surface area contributed by atoms with Crippen molar-refractivity contribution in [2.24, 2.45) is 5.73 Å². The van der Waals surface area contributed by atoms with Crippen molar-refractivity contribution < 1.29 is 9.47 Å². The number of hydrogen-bond acceptors (Lipinski definition) is 4. The summed E-state index contributed by atoms with van der Waals surface area (Å²) < 4.78 is 11.2. The van der Waals surface area contributed by atoms with Crippen molar-refractivity contribution >= 4 is 0 Å². The molecule has 2 N–H and O–H groups in total. The molecule has 0 bridgehead atoms. The highest BCUT2D eigenvalue weighted by Crippen LogP contribution is 2.23. The number of likely N-dealkylation sites (N-methyl/N-ethyl adjacent to an activating group) is 1. The predicted molar refractivity (Wildman–Crippen MR) is 83.7 cm³/mol. The molecule has 4 nitrogen and oxygen atoms in total. The van der Waals surface area contributed by atoms with E-state index in [-0.39, 0.29) is 0 Å². The minimum absolute atomic E-state index is 0.672. The van der Waals surface area contributed by atoms with Crippen LogP contribution >= 0.6 is 0 Å². The molecule has 0 amide bonds. The quantitative estimate of drug-likeness (QED) is 0.714. The highest BCUT2D eigenvalue weighted by atomic mass is 16.5. The van der Waals surface area contributed by atoms with Gasteiger partial charge in [0.1, 0.15) is 11.5 Å². The molecule has 0 aliphatic heterocycles. The monoisotopic (exact) mass is 280 g/mol. The average molecular weight is 280 g/mol. The van der Waals surface area contributed by atoms with E-state index in [2.05, 4.69) is 24.1 Å². The largest absolute Gasteiger partial charge is 0.494 e. The van der Waals surface area contributed by atoms with Crippen molar-refractivity contribution in [3.63, 3.8) is 0 Å². The first-order valence-corrected chi connectivity index (χ1v) is 7.47.